The Morgan fingerprint density at radius 2 is 2.21 bits per heavy atom. The summed E-state index contributed by atoms with van der Waals surface area (Å²) in [6.07, 6.45) is 1.49. The van der Waals surface area contributed by atoms with Crippen LogP contribution >= 0.6 is 11.8 Å². The van der Waals surface area contributed by atoms with Crippen LogP contribution in [0.5, 0.6) is 0 Å². The lowest BCUT2D eigenvalue weighted by atomic mass is 10.4. The highest BCUT2D eigenvalue weighted by Gasteiger charge is 1.96. The summed E-state index contributed by atoms with van der Waals surface area (Å²) in [6, 6.07) is 0. The number of hydrogen-bond donors (Lipinski definition) is 1. The first kappa shape index (κ1) is 13.4. The summed E-state index contributed by atoms with van der Waals surface area (Å²) in [5.74, 6) is 1.91. The van der Waals surface area contributed by atoms with Crippen molar-refractivity contribution >= 4 is 17.7 Å². The van der Waals surface area contributed by atoms with Gasteiger partial charge in [0, 0.05) is 24.1 Å². The maximum Gasteiger partial charge on any atom is 0.332 e. The molecule has 0 aliphatic carbocycles. The van der Waals surface area contributed by atoms with E-state index in [1.807, 2.05) is 18.7 Å². The number of nitrogens with one attached hydrogen (secondary N) is 1. The standard InChI is InChI=1S/C10H19NO2S/c1-4-13-10(12)8-9(3)11-6-7-14-5-2/h8,11H,4-7H2,1-3H3. The Morgan fingerprint density at radius 1 is 1.50 bits per heavy atom. The van der Waals surface area contributed by atoms with Gasteiger partial charge in [0.2, 0.25) is 0 Å². The molecule has 0 spiro atoms. The molecule has 0 fully saturated rings. The van der Waals surface area contributed by atoms with Crippen molar-refractivity contribution in [3.8, 4) is 0 Å². The molecule has 0 heterocycles. The molecule has 0 aromatic carbocycles. The first-order valence-corrected chi connectivity index (χ1v) is 6.02. The Labute approximate surface area is 90.3 Å². The molecule has 0 rings (SSSR count). The zero-order valence-corrected chi connectivity index (χ0v) is 9.95. The Bertz CT molecular complexity index is 193. The number of ether oxygens (including phenoxy) is 1. The van der Waals surface area contributed by atoms with Crippen LogP contribution in [-0.4, -0.2) is 30.6 Å². The summed E-state index contributed by atoms with van der Waals surface area (Å²) >= 11 is 1.87. The maximum atomic E-state index is 11.0. The minimum Gasteiger partial charge on any atom is -0.463 e. The average molecular weight is 217 g/mol. The van der Waals surface area contributed by atoms with Gasteiger partial charge in [-0.15, -0.1) is 0 Å². The highest BCUT2D eigenvalue weighted by atomic mass is 32.2. The molecule has 0 bridgehead atoms. The van der Waals surface area contributed by atoms with Crippen LogP contribution in [0, 0.1) is 0 Å². The molecule has 82 valence electrons. The molecule has 0 atom stereocenters. The fourth-order valence-electron chi connectivity index (χ4n) is 0.876. The molecule has 0 saturated carbocycles. The summed E-state index contributed by atoms with van der Waals surface area (Å²) in [7, 11) is 0. The third-order valence-electron chi connectivity index (χ3n) is 1.48. The number of carbonyl (C=O) groups excluding carboxylic acids is 1. The molecule has 3 nitrogen and oxygen atoms in total. The number of rotatable bonds is 7. The normalized spacial score (nSPS) is 11.2. The first-order chi connectivity index (χ1) is 6.70. The first-order valence-electron chi connectivity index (χ1n) is 4.87. The minimum absolute atomic E-state index is 0.277. The van der Waals surface area contributed by atoms with Crippen LogP contribution in [0.3, 0.4) is 0 Å². The van der Waals surface area contributed by atoms with Crippen molar-refractivity contribution in [2.75, 3.05) is 24.7 Å². The third kappa shape index (κ3) is 7.98. The molecular formula is C10H19NO2S. The van der Waals surface area contributed by atoms with Gasteiger partial charge in [0.05, 0.1) is 6.61 Å². The lowest BCUT2D eigenvalue weighted by Crippen LogP contribution is -2.16. The molecule has 0 unspecified atom stereocenters. The number of esters is 1. The molecular weight excluding hydrogens is 198 g/mol. The maximum absolute atomic E-state index is 11.0. The molecule has 1 N–H and O–H groups in total. The summed E-state index contributed by atoms with van der Waals surface area (Å²) in [5.41, 5.74) is 0.861. The Hall–Kier alpha value is -0.640. The van der Waals surface area contributed by atoms with Crippen molar-refractivity contribution in [2.45, 2.75) is 20.8 Å². The predicted octanol–water partition coefficient (Wildman–Crippen LogP) is 1.80. The monoisotopic (exact) mass is 217 g/mol. The fourth-order valence-corrected chi connectivity index (χ4v) is 1.41. The number of thioether (sulfide) groups is 1. The molecule has 4 heteroatoms. The van der Waals surface area contributed by atoms with Crippen molar-refractivity contribution < 1.29 is 9.53 Å². The molecule has 14 heavy (non-hydrogen) atoms. The minimum atomic E-state index is -0.277. The number of carbonyl (C=O) groups is 1. The van der Waals surface area contributed by atoms with Gasteiger partial charge < -0.3 is 10.1 Å². The van der Waals surface area contributed by atoms with Gasteiger partial charge in [-0.2, -0.15) is 11.8 Å². The number of hydrogen-bond acceptors (Lipinski definition) is 4. The quantitative estimate of drug-likeness (QED) is 0.401. The van der Waals surface area contributed by atoms with Crippen molar-refractivity contribution in [1.82, 2.24) is 5.32 Å². The van der Waals surface area contributed by atoms with Gasteiger partial charge in [-0.1, -0.05) is 6.92 Å². The molecule has 0 amide bonds. The van der Waals surface area contributed by atoms with Gasteiger partial charge >= 0.3 is 5.97 Å². The lowest BCUT2D eigenvalue weighted by Gasteiger charge is -2.05. The van der Waals surface area contributed by atoms with E-state index in [4.69, 9.17) is 4.74 Å². The second-order valence-electron chi connectivity index (χ2n) is 2.70. The van der Waals surface area contributed by atoms with E-state index in [1.165, 1.54) is 6.08 Å². The zero-order valence-electron chi connectivity index (χ0n) is 9.13. The summed E-state index contributed by atoms with van der Waals surface area (Å²) in [5, 5.41) is 3.15. The van der Waals surface area contributed by atoms with Gasteiger partial charge in [-0.3, -0.25) is 0 Å². The van der Waals surface area contributed by atoms with Crippen molar-refractivity contribution in [1.29, 1.82) is 0 Å². The van der Waals surface area contributed by atoms with Crippen LogP contribution in [0.2, 0.25) is 0 Å². The van der Waals surface area contributed by atoms with E-state index in [0.29, 0.717) is 6.61 Å². The van der Waals surface area contributed by atoms with E-state index < -0.39 is 0 Å². The predicted molar refractivity (Wildman–Crippen MR) is 61.4 cm³/mol. The third-order valence-corrected chi connectivity index (χ3v) is 2.38. The van der Waals surface area contributed by atoms with E-state index in [-0.39, 0.29) is 5.97 Å². The van der Waals surface area contributed by atoms with E-state index in [9.17, 15) is 4.79 Å². The largest absolute Gasteiger partial charge is 0.463 e. The van der Waals surface area contributed by atoms with Gasteiger partial charge in [-0.05, 0) is 19.6 Å². The zero-order chi connectivity index (χ0) is 10.8. The van der Waals surface area contributed by atoms with Crippen LogP contribution < -0.4 is 5.32 Å². The van der Waals surface area contributed by atoms with Crippen LogP contribution in [0.4, 0.5) is 0 Å². The lowest BCUT2D eigenvalue weighted by molar-refractivity contribution is -0.137. The Balaban J connectivity index is 3.60. The van der Waals surface area contributed by atoms with Crippen molar-refractivity contribution in [2.24, 2.45) is 0 Å². The van der Waals surface area contributed by atoms with Crippen molar-refractivity contribution in [3.63, 3.8) is 0 Å². The van der Waals surface area contributed by atoms with Gasteiger partial charge in [0.1, 0.15) is 0 Å². The average Bonchev–Trinajstić information content (AvgIpc) is 2.13. The SMILES string of the molecule is CCOC(=O)C=C(C)NCCSCC. The fraction of sp³-hybridized carbons (Fsp3) is 0.700. The highest BCUT2D eigenvalue weighted by Crippen LogP contribution is 1.96. The van der Waals surface area contributed by atoms with E-state index in [1.54, 1.807) is 6.92 Å². The van der Waals surface area contributed by atoms with Crippen molar-refractivity contribution in [3.05, 3.63) is 11.8 Å². The second kappa shape index (κ2) is 8.94. The van der Waals surface area contributed by atoms with Crippen LogP contribution in [0.25, 0.3) is 0 Å². The summed E-state index contributed by atoms with van der Waals surface area (Å²) < 4.78 is 4.78. The molecule has 0 aliphatic heterocycles. The van der Waals surface area contributed by atoms with Crippen LogP contribution in [0.1, 0.15) is 20.8 Å². The van der Waals surface area contributed by atoms with Gasteiger partial charge in [0.15, 0.2) is 0 Å². The Kier molecular flexibility index (Phi) is 8.53. The topological polar surface area (TPSA) is 38.3 Å². The molecule has 0 saturated heterocycles. The van der Waals surface area contributed by atoms with Gasteiger partial charge in [-0.25, -0.2) is 4.79 Å². The summed E-state index contributed by atoms with van der Waals surface area (Å²) in [4.78, 5) is 11.0. The molecule has 0 radical (unpaired) electrons. The molecule has 0 aromatic heterocycles. The molecule has 0 aliphatic rings. The van der Waals surface area contributed by atoms with E-state index >= 15 is 0 Å². The smallest absolute Gasteiger partial charge is 0.332 e. The van der Waals surface area contributed by atoms with Gasteiger partial charge in [0.25, 0.3) is 0 Å². The van der Waals surface area contributed by atoms with E-state index in [0.717, 1.165) is 23.7 Å². The second-order valence-corrected chi connectivity index (χ2v) is 4.10. The molecule has 0 aromatic rings. The Morgan fingerprint density at radius 3 is 2.79 bits per heavy atom. The number of allylic oxidation sites excluding steroid dienone is 1. The van der Waals surface area contributed by atoms with Crippen LogP contribution in [0.15, 0.2) is 11.8 Å². The highest BCUT2D eigenvalue weighted by molar-refractivity contribution is 7.99. The van der Waals surface area contributed by atoms with Crippen LogP contribution in [-0.2, 0) is 9.53 Å². The summed E-state index contributed by atoms with van der Waals surface area (Å²) in [6.45, 7) is 7.11. The van der Waals surface area contributed by atoms with E-state index in [2.05, 4.69) is 12.2 Å².